The molecule has 9 heavy (non-hydrogen) atoms. The molecule has 3 atom stereocenters. The van der Waals surface area contributed by atoms with Crippen LogP contribution in [0.3, 0.4) is 0 Å². The maximum absolute atomic E-state index is 9.23. The summed E-state index contributed by atoms with van der Waals surface area (Å²) < 4.78 is 0. The van der Waals surface area contributed by atoms with Gasteiger partial charge in [0.1, 0.15) is 0 Å². The Bertz CT molecular complexity index is 162. The fraction of sp³-hybridized carbons (Fsp3) is 0.750. The molecule has 0 heterocycles. The van der Waals surface area contributed by atoms with Crippen molar-refractivity contribution in [3.63, 3.8) is 0 Å². The average Bonchev–Trinajstić information content (AvgIpc) is 2.06. The van der Waals surface area contributed by atoms with Gasteiger partial charge in [-0.05, 0) is 18.3 Å². The summed E-state index contributed by atoms with van der Waals surface area (Å²) >= 11 is 0. The van der Waals surface area contributed by atoms with Crippen LogP contribution in [0.1, 0.15) is 19.8 Å². The summed E-state index contributed by atoms with van der Waals surface area (Å²) in [6.45, 7) is 2.25. The van der Waals surface area contributed by atoms with E-state index in [0.717, 1.165) is 6.42 Å². The van der Waals surface area contributed by atoms with Gasteiger partial charge < -0.3 is 5.11 Å². The van der Waals surface area contributed by atoms with Crippen LogP contribution in [0.25, 0.3) is 0 Å². The Morgan fingerprint density at radius 2 is 2.44 bits per heavy atom. The van der Waals surface area contributed by atoms with E-state index in [-0.39, 0.29) is 6.10 Å². The Balaban J connectivity index is 2.19. The van der Waals surface area contributed by atoms with E-state index >= 15 is 0 Å². The van der Waals surface area contributed by atoms with Gasteiger partial charge in [-0.3, -0.25) is 0 Å². The zero-order valence-corrected chi connectivity index (χ0v) is 5.67. The lowest BCUT2D eigenvalue weighted by Gasteiger charge is -2.46. The Kier molecular flexibility index (Phi) is 0.854. The number of aliphatic hydroxyl groups excluding tert-OH is 1. The largest absolute Gasteiger partial charge is 0.392 e. The summed E-state index contributed by atoms with van der Waals surface area (Å²) in [6.07, 6.45) is 6.50. The molecule has 1 heteroatoms. The van der Waals surface area contributed by atoms with Gasteiger partial charge in [0.2, 0.25) is 0 Å². The minimum Gasteiger partial charge on any atom is -0.392 e. The van der Waals surface area contributed by atoms with E-state index in [1.54, 1.807) is 0 Å². The fourth-order valence-electron chi connectivity index (χ4n) is 2.11. The normalized spacial score (nSPS) is 54.9. The molecule has 0 aromatic heterocycles. The van der Waals surface area contributed by atoms with Crippen LogP contribution in [-0.2, 0) is 0 Å². The third-order valence-electron chi connectivity index (χ3n) is 2.82. The van der Waals surface area contributed by atoms with Crippen LogP contribution < -0.4 is 0 Å². The van der Waals surface area contributed by atoms with Gasteiger partial charge in [0.25, 0.3) is 0 Å². The predicted molar refractivity (Wildman–Crippen MR) is 36.0 cm³/mol. The van der Waals surface area contributed by atoms with Crippen molar-refractivity contribution in [2.24, 2.45) is 11.3 Å². The smallest absolute Gasteiger partial charge is 0.0613 e. The second kappa shape index (κ2) is 1.40. The number of rotatable bonds is 0. The molecule has 0 spiro atoms. The predicted octanol–water partition coefficient (Wildman–Crippen LogP) is 1.33. The summed E-state index contributed by atoms with van der Waals surface area (Å²) in [5.74, 6) is 0.484. The molecule has 1 N–H and O–H groups in total. The lowest BCUT2D eigenvalue weighted by molar-refractivity contribution is -0.0606. The molecule has 0 aromatic carbocycles. The Hall–Kier alpha value is -0.300. The van der Waals surface area contributed by atoms with E-state index in [2.05, 4.69) is 19.1 Å². The minimum atomic E-state index is -0.0336. The third kappa shape index (κ3) is 0.531. The molecule has 2 aliphatic rings. The van der Waals surface area contributed by atoms with Gasteiger partial charge in [-0.25, -0.2) is 0 Å². The lowest BCUT2D eigenvalue weighted by Crippen LogP contribution is -2.46. The first-order chi connectivity index (χ1) is 4.22. The van der Waals surface area contributed by atoms with Gasteiger partial charge in [-0.15, -0.1) is 0 Å². The van der Waals surface area contributed by atoms with Gasteiger partial charge in [0.15, 0.2) is 0 Å². The van der Waals surface area contributed by atoms with Crippen LogP contribution in [0, 0.1) is 11.3 Å². The van der Waals surface area contributed by atoms with E-state index in [1.165, 1.54) is 6.42 Å². The van der Waals surface area contributed by atoms with Crippen molar-refractivity contribution in [2.45, 2.75) is 25.9 Å². The van der Waals surface area contributed by atoms with E-state index in [4.69, 9.17) is 0 Å². The second-order valence-electron chi connectivity index (χ2n) is 3.58. The van der Waals surface area contributed by atoms with Gasteiger partial charge in [-0.2, -0.15) is 0 Å². The van der Waals surface area contributed by atoms with E-state index in [1.807, 2.05) is 0 Å². The zero-order valence-electron chi connectivity index (χ0n) is 5.67. The summed E-state index contributed by atoms with van der Waals surface area (Å²) in [5, 5.41) is 9.23. The highest BCUT2D eigenvalue weighted by molar-refractivity contribution is 5.16. The van der Waals surface area contributed by atoms with Crippen molar-refractivity contribution in [1.82, 2.24) is 0 Å². The molecule has 0 aliphatic heterocycles. The summed E-state index contributed by atoms with van der Waals surface area (Å²) in [7, 11) is 0. The molecule has 0 radical (unpaired) electrons. The summed E-state index contributed by atoms with van der Waals surface area (Å²) in [5.41, 5.74) is 0.444. The van der Waals surface area contributed by atoms with Crippen LogP contribution in [-0.4, -0.2) is 11.2 Å². The maximum atomic E-state index is 9.23. The number of hydrogen-bond acceptors (Lipinski definition) is 1. The zero-order chi connectivity index (χ0) is 6.48. The Morgan fingerprint density at radius 3 is 2.89 bits per heavy atom. The Morgan fingerprint density at radius 1 is 1.67 bits per heavy atom. The lowest BCUT2D eigenvalue weighted by atomic mass is 9.61. The van der Waals surface area contributed by atoms with E-state index < -0.39 is 0 Å². The average molecular weight is 124 g/mol. The Labute approximate surface area is 55.4 Å². The van der Waals surface area contributed by atoms with Crippen LogP contribution in [0.15, 0.2) is 12.2 Å². The first-order valence-corrected chi connectivity index (χ1v) is 3.57. The number of hydrogen-bond donors (Lipinski definition) is 1. The van der Waals surface area contributed by atoms with Crippen molar-refractivity contribution in [1.29, 1.82) is 0 Å². The van der Waals surface area contributed by atoms with Crippen molar-refractivity contribution in [3.8, 4) is 0 Å². The van der Waals surface area contributed by atoms with E-state index in [9.17, 15) is 5.11 Å². The number of fused-ring (bicyclic) bond motifs is 1. The molecule has 2 aliphatic carbocycles. The molecular formula is C8H12O. The van der Waals surface area contributed by atoms with Crippen LogP contribution >= 0.6 is 0 Å². The van der Waals surface area contributed by atoms with Crippen molar-refractivity contribution in [2.75, 3.05) is 0 Å². The molecule has 50 valence electrons. The fourth-order valence-corrected chi connectivity index (χ4v) is 2.11. The quantitative estimate of drug-likeness (QED) is 0.483. The van der Waals surface area contributed by atoms with Crippen molar-refractivity contribution in [3.05, 3.63) is 12.2 Å². The highest BCUT2D eigenvalue weighted by atomic mass is 16.3. The molecule has 0 saturated heterocycles. The van der Waals surface area contributed by atoms with Gasteiger partial charge >= 0.3 is 0 Å². The molecular weight excluding hydrogens is 112 g/mol. The van der Waals surface area contributed by atoms with Gasteiger partial charge in [0.05, 0.1) is 6.10 Å². The minimum absolute atomic E-state index is 0.0336. The topological polar surface area (TPSA) is 20.2 Å². The molecule has 2 rings (SSSR count). The van der Waals surface area contributed by atoms with Gasteiger partial charge in [0, 0.05) is 5.92 Å². The first-order valence-electron chi connectivity index (χ1n) is 3.57. The highest BCUT2D eigenvalue weighted by Crippen LogP contribution is 2.53. The van der Waals surface area contributed by atoms with Crippen molar-refractivity contribution < 1.29 is 5.11 Å². The SMILES string of the molecule is C[C@@]12CC=C[C@@H]1[C@H](O)C2. The molecule has 1 saturated carbocycles. The van der Waals surface area contributed by atoms with E-state index in [0.29, 0.717) is 11.3 Å². The monoisotopic (exact) mass is 124 g/mol. The van der Waals surface area contributed by atoms with Crippen LogP contribution in [0.4, 0.5) is 0 Å². The van der Waals surface area contributed by atoms with Crippen LogP contribution in [0.5, 0.6) is 0 Å². The molecule has 1 nitrogen and oxygen atoms in total. The molecule has 0 amide bonds. The number of aliphatic hydroxyl groups is 1. The molecule has 0 aromatic rings. The first kappa shape index (κ1) is 5.48. The summed E-state index contributed by atoms with van der Waals surface area (Å²) in [6, 6.07) is 0. The molecule has 1 fully saturated rings. The third-order valence-corrected chi connectivity index (χ3v) is 2.82. The standard InChI is InChI=1S/C8H12O/c1-8-4-2-3-6(8)7(9)5-8/h2-3,6-7,9H,4-5H2,1H3/t6-,7-,8+/m1/s1. The molecule has 0 unspecified atom stereocenters. The second-order valence-corrected chi connectivity index (χ2v) is 3.58. The number of allylic oxidation sites excluding steroid dienone is 1. The van der Waals surface area contributed by atoms with Crippen LogP contribution in [0.2, 0.25) is 0 Å². The van der Waals surface area contributed by atoms with Gasteiger partial charge in [-0.1, -0.05) is 19.1 Å². The highest BCUT2D eigenvalue weighted by Gasteiger charge is 2.49. The molecule has 0 bridgehead atoms. The summed E-state index contributed by atoms with van der Waals surface area (Å²) in [4.78, 5) is 0. The van der Waals surface area contributed by atoms with Crippen molar-refractivity contribution >= 4 is 0 Å². The maximum Gasteiger partial charge on any atom is 0.0613 e.